The second kappa shape index (κ2) is 10.2. The number of nitrogens with zero attached hydrogens (tertiary/aromatic N) is 3. The SMILES string of the molecule is CCCCCCN1C(=O)C(c2ccc(C)c(C)c2)=C(N2CCN(CCO)CC2)C1=O. The van der Waals surface area contributed by atoms with Crippen molar-refractivity contribution in [2.24, 2.45) is 0 Å². The first-order chi connectivity index (χ1) is 14.5. The van der Waals surface area contributed by atoms with Crippen LogP contribution in [0.4, 0.5) is 0 Å². The van der Waals surface area contributed by atoms with Gasteiger partial charge in [0, 0.05) is 39.3 Å². The minimum atomic E-state index is -0.160. The molecule has 0 spiro atoms. The number of carbonyl (C=O) groups excluding carboxylic acids is 2. The molecule has 0 atom stereocenters. The van der Waals surface area contributed by atoms with Crippen LogP contribution < -0.4 is 0 Å². The van der Waals surface area contributed by atoms with E-state index in [0.717, 1.165) is 49.9 Å². The number of hydrogen-bond donors (Lipinski definition) is 1. The number of piperazine rings is 1. The summed E-state index contributed by atoms with van der Waals surface area (Å²) in [7, 11) is 0. The lowest BCUT2D eigenvalue weighted by Gasteiger charge is -2.36. The number of carbonyl (C=O) groups is 2. The Bertz CT molecular complexity index is 810. The normalized spacial score (nSPS) is 18.1. The van der Waals surface area contributed by atoms with Crippen LogP contribution in [-0.2, 0) is 9.59 Å². The third kappa shape index (κ3) is 4.76. The van der Waals surface area contributed by atoms with Gasteiger partial charge in [0.15, 0.2) is 0 Å². The molecule has 0 bridgehead atoms. The average Bonchev–Trinajstić information content (AvgIpc) is 2.98. The molecule has 3 rings (SSSR count). The fourth-order valence-corrected chi connectivity index (χ4v) is 4.25. The topological polar surface area (TPSA) is 64.1 Å². The Morgan fingerprint density at radius 3 is 2.27 bits per heavy atom. The number of benzene rings is 1. The summed E-state index contributed by atoms with van der Waals surface area (Å²) in [4.78, 5) is 32.5. The van der Waals surface area contributed by atoms with E-state index >= 15 is 0 Å². The van der Waals surface area contributed by atoms with Crippen molar-refractivity contribution < 1.29 is 14.7 Å². The molecule has 0 aliphatic carbocycles. The lowest BCUT2D eigenvalue weighted by atomic mass is 9.99. The van der Waals surface area contributed by atoms with Crippen molar-refractivity contribution in [1.82, 2.24) is 14.7 Å². The van der Waals surface area contributed by atoms with Gasteiger partial charge in [-0.3, -0.25) is 19.4 Å². The van der Waals surface area contributed by atoms with Gasteiger partial charge in [0.2, 0.25) is 0 Å². The van der Waals surface area contributed by atoms with Crippen LogP contribution in [0.2, 0.25) is 0 Å². The van der Waals surface area contributed by atoms with E-state index < -0.39 is 0 Å². The Balaban J connectivity index is 1.89. The molecular weight excluding hydrogens is 378 g/mol. The number of aryl methyl sites for hydroxylation is 2. The van der Waals surface area contributed by atoms with E-state index in [4.69, 9.17) is 0 Å². The van der Waals surface area contributed by atoms with Crippen LogP contribution in [0.5, 0.6) is 0 Å². The molecule has 1 saturated heterocycles. The van der Waals surface area contributed by atoms with Gasteiger partial charge in [-0.1, -0.05) is 44.4 Å². The molecular formula is C24H35N3O3. The Labute approximate surface area is 180 Å². The van der Waals surface area contributed by atoms with Gasteiger partial charge in [-0.25, -0.2) is 0 Å². The van der Waals surface area contributed by atoms with E-state index in [-0.39, 0.29) is 18.4 Å². The fraction of sp³-hybridized carbons (Fsp3) is 0.583. The predicted octanol–water partition coefficient (Wildman–Crippen LogP) is 2.57. The highest BCUT2D eigenvalue weighted by Gasteiger charge is 2.41. The summed E-state index contributed by atoms with van der Waals surface area (Å²) in [5, 5.41) is 9.20. The highest BCUT2D eigenvalue weighted by Crippen LogP contribution is 2.33. The van der Waals surface area contributed by atoms with Crippen molar-refractivity contribution >= 4 is 17.4 Å². The summed E-state index contributed by atoms with van der Waals surface area (Å²) in [5.74, 6) is -0.312. The molecule has 1 aromatic rings. The first-order valence-corrected chi connectivity index (χ1v) is 11.2. The van der Waals surface area contributed by atoms with Crippen molar-refractivity contribution in [2.45, 2.75) is 46.5 Å². The predicted molar refractivity (Wildman–Crippen MR) is 119 cm³/mol. The third-order valence-corrected chi connectivity index (χ3v) is 6.28. The standard InChI is InChI=1S/C24H35N3O3/c1-4-5-6-7-10-27-23(29)21(20-9-8-18(2)19(3)17-20)22(24(27)30)26-13-11-25(12-14-26)15-16-28/h8-9,17,28H,4-7,10-16H2,1-3H3. The number of rotatable bonds is 9. The van der Waals surface area contributed by atoms with Gasteiger partial charge in [-0.05, 0) is 37.0 Å². The highest BCUT2D eigenvalue weighted by molar-refractivity contribution is 6.35. The van der Waals surface area contributed by atoms with Crippen LogP contribution in [-0.4, -0.2) is 77.5 Å². The molecule has 0 aromatic heterocycles. The third-order valence-electron chi connectivity index (χ3n) is 6.28. The monoisotopic (exact) mass is 413 g/mol. The summed E-state index contributed by atoms with van der Waals surface area (Å²) in [5.41, 5.74) is 4.23. The van der Waals surface area contributed by atoms with Crippen molar-refractivity contribution in [3.8, 4) is 0 Å². The Morgan fingerprint density at radius 2 is 1.63 bits per heavy atom. The lowest BCUT2D eigenvalue weighted by Crippen LogP contribution is -2.48. The first-order valence-electron chi connectivity index (χ1n) is 11.2. The van der Waals surface area contributed by atoms with Crippen LogP contribution in [0.1, 0.15) is 49.3 Å². The van der Waals surface area contributed by atoms with Crippen molar-refractivity contribution in [3.63, 3.8) is 0 Å². The van der Waals surface area contributed by atoms with Crippen LogP contribution in [0.15, 0.2) is 23.9 Å². The molecule has 0 saturated carbocycles. The molecule has 2 aliphatic rings. The number of aliphatic hydroxyl groups is 1. The Kier molecular flexibility index (Phi) is 7.67. The van der Waals surface area contributed by atoms with Crippen LogP contribution in [0.3, 0.4) is 0 Å². The lowest BCUT2D eigenvalue weighted by molar-refractivity contribution is -0.137. The van der Waals surface area contributed by atoms with Gasteiger partial charge in [-0.2, -0.15) is 0 Å². The zero-order chi connectivity index (χ0) is 21.7. The summed E-state index contributed by atoms with van der Waals surface area (Å²) in [6.45, 7) is 10.4. The molecule has 0 radical (unpaired) electrons. The fourth-order valence-electron chi connectivity index (χ4n) is 4.25. The van der Waals surface area contributed by atoms with E-state index in [0.29, 0.717) is 37.4 Å². The van der Waals surface area contributed by atoms with Crippen molar-refractivity contribution in [3.05, 3.63) is 40.6 Å². The number of imide groups is 1. The molecule has 1 fully saturated rings. The minimum Gasteiger partial charge on any atom is -0.395 e. The molecule has 6 heteroatoms. The van der Waals surface area contributed by atoms with E-state index in [1.807, 2.05) is 25.1 Å². The number of unbranched alkanes of at least 4 members (excludes halogenated alkanes) is 3. The van der Waals surface area contributed by atoms with Crippen molar-refractivity contribution in [1.29, 1.82) is 0 Å². The molecule has 0 unspecified atom stereocenters. The summed E-state index contributed by atoms with van der Waals surface area (Å²) >= 11 is 0. The number of hydrogen-bond acceptors (Lipinski definition) is 5. The molecule has 164 valence electrons. The summed E-state index contributed by atoms with van der Waals surface area (Å²) in [6.07, 6.45) is 4.12. The maximum Gasteiger partial charge on any atom is 0.277 e. The Hall–Kier alpha value is -2.18. The molecule has 6 nitrogen and oxygen atoms in total. The number of β-amino-alcohol motifs (C(OH)–C–C–N with tert-alkyl or cyclic N) is 1. The Morgan fingerprint density at radius 1 is 0.900 bits per heavy atom. The van der Waals surface area contributed by atoms with E-state index in [1.54, 1.807) is 0 Å². The highest BCUT2D eigenvalue weighted by atomic mass is 16.3. The number of amides is 2. The molecule has 30 heavy (non-hydrogen) atoms. The zero-order valence-electron chi connectivity index (χ0n) is 18.6. The number of aliphatic hydroxyl groups excluding tert-OH is 1. The smallest absolute Gasteiger partial charge is 0.277 e. The van der Waals surface area contributed by atoms with Gasteiger partial charge in [0.05, 0.1) is 12.2 Å². The summed E-state index contributed by atoms with van der Waals surface area (Å²) < 4.78 is 0. The van der Waals surface area contributed by atoms with Crippen molar-refractivity contribution in [2.75, 3.05) is 45.9 Å². The average molecular weight is 414 g/mol. The summed E-state index contributed by atoms with van der Waals surface area (Å²) in [6, 6.07) is 6.01. The van der Waals surface area contributed by atoms with Crippen LogP contribution in [0.25, 0.3) is 5.57 Å². The van der Waals surface area contributed by atoms with Crippen LogP contribution in [0, 0.1) is 13.8 Å². The van der Waals surface area contributed by atoms with E-state index in [9.17, 15) is 14.7 Å². The molecule has 2 amide bonds. The van der Waals surface area contributed by atoms with Gasteiger partial charge < -0.3 is 10.0 Å². The van der Waals surface area contributed by atoms with E-state index in [2.05, 4.69) is 23.6 Å². The minimum absolute atomic E-state index is 0.138. The largest absolute Gasteiger partial charge is 0.395 e. The zero-order valence-corrected chi connectivity index (χ0v) is 18.6. The van der Waals surface area contributed by atoms with Gasteiger partial charge >= 0.3 is 0 Å². The maximum absolute atomic E-state index is 13.4. The van der Waals surface area contributed by atoms with E-state index in [1.165, 1.54) is 10.5 Å². The molecule has 1 aromatic carbocycles. The van der Waals surface area contributed by atoms with Gasteiger partial charge in [0.25, 0.3) is 11.8 Å². The molecule has 1 N–H and O–H groups in total. The van der Waals surface area contributed by atoms with Crippen LogP contribution >= 0.6 is 0 Å². The first kappa shape index (κ1) is 22.5. The van der Waals surface area contributed by atoms with Gasteiger partial charge in [0.1, 0.15) is 5.70 Å². The molecule has 2 aliphatic heterocycles. The molecule has 2 heterocycles. The van der Waals surface area contributed by atoms with Gasteiger partial charge in [-0.15, -0.1) is 0 Å². The maximum atomic E-state index is 13.4. The second-order valence-corrected chi connectivity index (χ2v) is 8.40. The second-order valence-electron chi connectivity index (χ2n) is 8.40. The quantitative estimate of drug-likeness (QED) is 0.498.